The lowest BCUT2D eigenvalue weighted by molar-refractivity contribution is -0.148. The highest BCUT2D eigenvalue weighted by molar-refractivity contribution is 5.76. The predicted octanol–water partition coefficient (Wildman–Crippen LogP) is 2.11. The number of rotatable bonds is 6. The molecule has 1 aliphatic rings. The van der Waals surface area contributed by atoms with Gasteiger partial charge in [-0.25, -0.2) is 0 Å². The largest absolute Gasteiger partial charge is 0.465 e. The first-order valence-corrected chi connectivity index (χ1v) is 6.11. The molecule has 1 aliphatic carbocycles. The van der Waals surface area contributed by atoms with Gasteiger partial charge in [0, 0.05) is 6.04 Å². The Kier molecular flexibility index (Phi) is 5.09. The fraction of sp³-hybridized carbons (Fsp3) is 0.917. The van der Waals surface area contributed by atoms with Crippen molar-refractivity contribution in [3.8, 4) is 0 Å². The molecule has 0 heterocycles. The first kappa shape index (κ1) is 12.5. The lowest BCUT2D eigenvalue weighted by atomic mass is 9.79. The molecule has 3 nitrogen and oxygen atoms in total. The zero-order chi connectivity index (χ0) is 11.3. The van der Waals surface area contributed by atoms with E-state index >= 15 is 0 Å². The topological polar surface area (TPSA) is 38.3 Å². The molecule has 0 amide bonds. The van der Waals surface area contributed by atoms with Crippen LogP contribution in [0.3, 0.4) is 0 Å². The molecule has 3 heteroatoms. The van der Waals surface area contributed by atoms with Gasteiger partial charge in [0.2, 0.25) is 0 Å². The van der Waals surface area contributed by atoms with Crippen molar-refractivity contribution in [3.63, 3.8) is 0 Å². The summed E-state index contributed by atoms with van der Waals surface area (Å²) in [4.78, 5) is 11.7. The van der Waals surface area contributed by atoms with E-state index in [1.165, 1.54) is 6.42 Å². The predicted molar refractivity (Wildman–Crippen MR) is 60.7 cm³/mol. The molecule has 0 aromatic rings. The van der Waals surface area contributed by atoms with Gasteiger partial charge in [-0.3, -0.25) is 4.79 Å². The highest BCUT2D eigenvalue weighted by Gasteiger charge is 2.33. The normalized spacial score (nSPS) is 20.5. The van der Waals surface area contributed by atoms with Crippen LogP contribution in [0, 0.1) is 5.92 Å². The van der Waals surface area contributed by atoms with Gasteiger partial charge in [0.1, 0.15) is 6.04 Å². The van der Waals surface area contributed by atoms with Crippen LogP contribution >= 0.6 is 0 Å². The number of carbonyl (C=O) groups is 1. The van der Waals surface area contributed by atoms with Crippen LogP contribution in [-0.4, -0.2) is 24.7 Å². The molecule has 0 spiro atoms. The Morgan fingerprint density at radius 2 is 2.13 bits per heavy atom. The Morgan fingerprint density at radius 1 is 1.47 bits per heavy atom. The zero-order valence-corrected chi connectivity index (χ0v) is 10.1. The van der Waals surface area contributed by atoms with Crippen molar-refractivity contribution in [2.24, 2.45) is 5.92 Å². The first-order chi connectivity index (χ1) is 7.19. The Morgan fingerprint density at radius 3 is 2.53 bits per heavy atom. The highest BCUT2D eigenvalue weighted by atomic mass is 16.5. The summed E-state index contributed by atoms with van der Waals surface area (Å²) in [5.41, 5.74) is 0. The minimum absolute atomic E-state index is 0.0671. The van der Waals surface area contributed by atoms with E-state index in [4.69, 9.17) is 4.74 Å². The monoisotopic (exact) mass is 213 g/mol. The van der Waals surface area contributed by atoms with E-state index in [0.717, 1.165) is 19.3 Å². The molecule has 2 atom stereocenters. The molecule has 0 aromatic heterocycles. The van der Waals surface area contributed by atoms with Crippen molar-refractivity contribution < 1.29 is 9.53 Å². The maximum Gasteiger partial charge on any atom is 0.323 e. The third-order valence-corrected chi connectivity index (χ3v) is 3.24. The lowest BCUT2D eigenvalue weighted by Crippen LogP contribution is -2.49. The summed E-state index contributed by atoms with van der Waals surface area (Å²) in [6, 6.07) is 0.314. The van der Waals surface area contributed by atoms with E-state index < -0.39 is 0 Å². The summed E-state index contributed by atoms with van der Waals surface area (Å²) in [6.07, 6.45) is 4.62. The maximum absolute atomic E-state index is 11.7. The molecule has 0 bridgehead atoms. The quantitative estimate of drug-likeness (QED) is 0.687. The van der Waals surface area contributed by atoms with E-state index in [2.05, 4.69) is 19.2 Å². The van der Waals surface area contributed by atoms with E-state index in [-0.39, 0.29) is 12.0 Å². The summed E-state index contributed by atoms with van der Waals surface area (Å²) in [5, 5.41) is 3.38. The second kappa shape index (κ2) is 6.11. The van der Waals surface area contributed by atoms with E-state index in [1.54, 1.807) is 0 Å². The SMILES string of the molecule is CCOC(=O)C(NC(C)CC)C1CCC1. The van der Waals surface area contributed by atoms with Gasteiger partial charge in [0.15, 0.2) is 0 Å². The summed E-state index contributed by atoms with van der Waals surface area (Å²) < 4.78 is 5.10. The van der Waals surface area contributed by atoms with Crippen molar-refractivity contribution in [2.75, 3.05) is 6.61 Å². The van der Waals surface area contributed by atoms with Crippen LogP contribution < -0.4 is 5.32 Å². The summed E-state index contributed by atoms with van der Waals surface area (Å²) in [7, 11) is 0. The molecule has 88 valence electrons. The highest BCUT2D eigenvalue weighted by Crippen LogP contribution is 2.30. The van der Waals surface area contributed by atoms with Gasteiger partial charge in [0.05, 0.1) is 6.61 Å². The number of carbonyl (C=O) groups excluding carboxylic acids is 1. The van der Waals surface area contributed by atoms with Crippen molar-refractivity contribution in [1.29, 1.82) is 0 Å². The van der Waals surface area contributed by atoms with Gasteiger partial charge in [0.25, 0.3) is 0 Å². The molecule has 0 saturated heterocycles. The molecule has 2 unspecified atom stereocenters. The Balaban J connectivity index is 2.48. The first-order valence-electron chi connectivity index (χ1n) is 6.11. The van der Waals surface area contributed by atoms with Gasteiger partial charge in [-0.15, -0.1) is 0 Å². The average molecular weight is 213 g/mol. The van der Waals surface area contributed by atoms with Gasteiger partial charge < -0.3 is 10.1 Å². The summed E-state index contributed by atoms with van der Waals surface area (Å²) in [6.45, 7) is 6.58. The Bertz CT molecular complexity index is 202. The van der Waals surface area contributed by atoms with Crippen molar-refractivity contribution in [1.82, 2.24) is 5.32 Å². The Hall–Kier alpha value is -0.570. The molecule has 1 N–H and O–H groups in total. The maximum atomic E-state index is 11.7. The number of hydrogen-bond acceptors (Lipinski definition) is 3. The Labute approximate surface area is 92.6 Å². The standard InChI is InChI=1S/C12H23NO2/c1-4-9(3)13-11(10-7-6-8-10)12(14)15-5-2/h9-11,13H,4-8H2,1-3H3. The van der Waals surface area contributed by atoms with Gasteiger partial charge in [-0.05, 0) is 39.0 Å². The van der Waals surface area contributed by atoms with Gasteiger partial charge >= 0.3 is 5.97 Å². The van der Waals surface area contributed by atoms with Gasteiger partial charge in [-0.1, -0.05) is 13.3 Å². The molecular weight excluding hydrogens is 190 g/mol. The van der Waals surface area contributed by atoms with Crippen LogP contribution in [0.1, 0.15) is 46.5 Å². The molecule has 15 heavy (non-hydrogen) atoms. The van der Waals surface area contributed by atoms with Gasteiger partial charge in [-0.2, -0.15) is 0 Å². The summed E-state index contributed by atoms with van der Waals surface area (Å²) in [5.74, 6) is 0.431. The number of hydrogen-bond donors (Lipinski definition) is 1. The molecule has 0 aromatic carbocycles. The molecule has 0 radical (unpaired) electrons. The van der Waals surface area contributed by atoms with Crippen LogP contribution in [0.25, 0.3) is 0 Å². The van der Waals surface area contributed by atoms with Crippen LogP contribution in [0.5, 0.6) is 0 Å². The lowest BCUT2D eigenvalue weighted by Gasteiger charge is -2.34. The minimum atomic E-state index is -0.0753. The average Bonchev–Trinajstić information content (AvgIpc) is 2.14. The molecule has 1 fully saturated rings. The van der Waals surface area contributed by atoms with Crippen LogP contribution in [0.2, 0.25) is 0 Å². The smallest absolute Gasteiger partial charge is 0.323 e. The third-order valence-electron chi connectivity index (χ3n) is 3.24. The molecule has 0 aliphatic heterocycles. The van der Waals surface area contributed by atoms with Crippen molar-refractivity contribution in [2.45, 2.75) is 58.5 Å². The van der Waals surface area contributed by atoms with E-state index in [9.17, 15) is 4.79 Å². The summed E-state index contributed by atoms with van der Waals surface area (Å²) >= 11 is 0. The number of ether oxygens (including phenoxy) is 1. The molecule has 1 saturated carbocycles. The van der Waals surface area contributed by atoms with E-state index in [1.807, 2.05) is 6.92 Å². The minimum Gasteiger partial charge on any atom is -0.465 e. The number of esters is 1. The number of nitrogens with one attached hydrogen (secondary N) is 1. The molecule has 1 rings (SSSR count). The van der Waals surface area contributed by atoms with Crippen LogP contribution in [-0.2, 0) is 9.53 Å². The third kappa shape index (κ3) is 3.49. The molecular formula is C12H23NO2. The second-order valence-corrected chi connectivity index (χ2v) is 4.40. The second-order valence-electron chi connectivity index (χ2n) is 4.40. The van der Waals surface area contributed by atoms with Crippen LogP contribution in [0.4, 0.5) is 0 Å². The van der Waals surface area contributed by atoms with Crippen LogP contribution in [0.15, 0.2) is 0 Å². The fourth-order valence-electron chi connectivity index (χ4n) is 1.83. The van der Waals surface area contributed by atoms with Crippen molar-refractivity contribution >= 4 is 5.97 Å². The zero-order valence-electron chi connectivity index (χ0n) is 10.1. The van der Waals surface area contributed by atoms with Crippen molar-refractivity contribution in [3.05, 3.63) is 0 Å². The fourth-order valence-corrected chi connectivity index (χ4v) is 1.83. The van der Waals surface area contributed by atoms with E-state index in [0.29, 0.717) is 18.6 Å².